The fraction of sp³-hybridized carbons (Fsp3) is 0.533. The molecule has 0 bridgehead atoms. The molecule has 2 unspecified atom stereocenters. The van der Waals surface area contributed by atoms with Gasteiger partial charge in [0.15, 0.2) is 5.75 Å². The highest BCUT2D eigenvalue weighted by Gasteiger charge is 2.32. The number of nitrogen functional groups attached to an aromatic ring is 1. The topological polar surface area (TPSA) is 55.6 Å². The number of ether oxygens (including phenoxy) is 1. The summed E-state index contributed by atoms with van der Waals surface area (Å²) in [6.45, 7) is 7.46. The van der Waals surface area contributed by atoms with Gasteiger partial charge in [-0.1, -0.05) is 13.0 Å². The zero-order valence-electron chi connectivity index (χ0n) is 11.8. The van der Waals surface area contributed by atoms with Crippen LogP contribution >= 0.6 is 0 Å². The normalized spacial score (nSPS) is 22.6. The van der Waals surface area contributed by atoms with E-state index in [1.165, 1.54) is 0 Å². The Kier molecular flexibility index (Phi) is 3.98. The minimum Gasteiger partial charge on any atom is -0.491 e. The molecule has 104 valence electrons. The third kappa shape index (κ3) is 2.67. The van der Waals surface area contributed by atoms with Gasteiger partial charge in [0.2, 0.25) is 0 Å². The first-order valence-corrected chi connectivity index (χ1v) is 6.86. The molecule has 0 saturated carbocycles. The smallest absolute Gasteiger partial charge is 0.257 e. The Hall–Kier alpha value is -1.71. The summed E-state index contributed by atoms with van der Waals surface area (Å²) >= 11 is 0. The number of para-hydroxylation sites is 1. The van der Waals surface area contributed by atoms with E-state index in [-0.39, 0.29) is 11.9 Å². The fourth-order valence-corrected chi connectivity index (χ4v) is 2.77. The number of likely N-dealkylation sites (tertiary alicyclic amines) is 1. The summed E-state index contributed by atoms with van der Waals surface area (Å²) in [5.41, 5.74) is 7.00. The molecule has 0 spiro atoms. The Labute approximate surface area is 114 Å². The second-order valence-corrected chi connectivity index (χ2v) is 5.30. The molecule has 1 aliphatic rings. The Morgan fingerprint density at radius 2 is 2.21 bits per heavy atom. The molecular formula is C15H22N2O2. The maximum atomic E-state index is 12.6. The Bertz CT molecular complexity index is 473. The molecule has 0 aliphatic carbocycles. The molecule has 1 heterocycles. The molecule has 1 aliphatic heterocycles. The van der Waals surface area contributed by atoms with Gasteiger partial charge in [-0.3, -0.25) is 4.79 Å². The molecule has 1 saturated heterocycles. The number of hydrogen-bond donors (Lipinski definition) is 1. The van der Waals surface area contributed by atoms with Crippen LogP contribution in [0.2, 0.25) is 0 Å². The number of nitrogens with zero attached hydrogens (tertiary/aromatic N) is 1. The maximum Gasteiger partial charge on any atom is 0.257 e. The summed E-state index contributed by atoms with van der Waals surface area (Å²) in [4.78, 5) is 14.6. The van der Waals surface area contributed by atoms with Crippen molar-refractivity contribution in [3.05, 3.63) is 23.8 Å². The van der Waals surface area contributed by atoms with E-state index in [9.17, 15) is 4.79 Å². The van der Waals surface area contributed by atoms with Crippen molar-refractivity contribution in [1.82, 2.24) is 4.90 Å². The second kappa shape index (κ2) is 5.51. The molecule has 19 heavy (non-hydrogen) atoms. The summed E-state index contributed by atoms with van der Waals surface area (Å²) in [6.07, 6.45) is 1.05. The second-order valence-electron chi connectivity index (χ2n) is 5.30. The zero-order chi connectivity index (χ0) is 14.0. The number of nitrogens with two attached hydrogens (primary N) is 1. The fourth-order valence-electron chi connectivity index (χ4n) is 2.77. The van der Waals surface area contributed by atoms with E-state index in [1.54, 1.807) is 18.2 Å². The van der Waals surface area contributed by atoms with Crippen LogP contribution in [-0.4, -0.2) is 30.0 Å². The largest absolute Gasteiger partial charge is 0.491 e. The summed E-state index contributed by atoms with van der Waals surface area (Å²) in [7, 11) is 0. The standard InChI is InChI=1S/C15H22N2O2/c1-4-19-14-12(6-5-7-13(14)16)15(18)17-9-10(2)8-11(17)3/h5-7,10-11H,4,8-9,16H2,1-3H3. The third-order valence-corrected chi connectivity index (χ3v) is 3.61. The van der Waals surface area contributed by atoms with Crippen molar-refractivity contribution >= 4 is 11.6 Å². The van der Waals surface area contributed by atoms with E-state index in [0.29, 0.717) is 29.5 Å². The van der Waals surface area contributed by atoms with Crippen molar-refractivity contribution in [2.75, 3.05) is 18.9 Å². The lowest BCUT2D eigenvalue weighted by Crippen LogP contribution is -2.34. The predicted molar refractivity (Wildman–Crippen MR) is 76.3 cm³/mol. The van der Waals surface area contributed by atoms with Crippen LogP contribution in [0.15, 0.2) is 18.2 Å². The Balaban J connectivity index is 2.31. The lowest BCUT2D eigenvalue weighted by molar-refractivity contribution is 0.0739. The number of amides is 1. The monoisotopic (exact) mass is 262 g/mol. The van der Waals surface area contributed by atoms with Gasteiger partial charge < -0.3 is 15.4 Å². The first-order chi connectivity index (χ1) is 9.04. The van der Waals surface area contributed by atoms with Gasteiger partial charge in [0.25, 0.3) is 5.91 Å². The van der Waals surface area contributed by atoms with Crippen molar-refractivity contribution in [2.24, 2.45) is 5.92 Å². The van der Waals surface area contributed by atoms with E-state index in [1.807, 2.05) is 11.8 Å². The summed E-state index contributed by atoms with van der Waals surface area (Å²) in [5, 5.41) is 0. The van der Waals surface area contributed by atoms with Crippen LogP contribution < -0.4 is 10.5 Å². The van der Waals surface area contributed by atoms with Crippen molar-refractivity contribution in [2.45, 2.75) is 33.2 Å². The molecule has 2 N–H and O–H groups in total. The molecule has 1 amide bonds. The number of hydrogen-bond acceptors (Lipinski definition) is 3. The van der Waals surface area contributed by atoms with Gasteiger partial charge in [-0.25, -0.2) is 0 Å². The molecule has 1 aromatic carbocycles. The van der Waals surface area contributed by atoms with E-state index in [0.717, 1.165) is 13.0 Å². The van der Waals surface area contributed by atoms with Crippen LogP contribution in [-0.2, 0) is 0 Å². The summed E-state index contributed by atoms with van der Waals surface area (Å²) < 4.78 is 5.54. The van der Waals surface area contributed by atoms with E-state index in [2.05, 4.69) is 13.8 Å². The van der Waals surface area contributed by atoms with Crippen LogP contribution in [0.4, 0.5) is 5.69 Å². The zero-order valence-corrected chi connectivity index (χ0v) is 11.8. The average Bonchev–Trinajstić information content (AvgIpc) is 2.70. The highest BCUT2D eigenvalue weighted by Crippen LogP contribution is 2.31. The van der Waals surface area contributed by atoms with Gasteiger partial charge in [-0.05, 0) is 38.3 Å². The number of carbonyl (C=O) groups excluding carboxylic acids is 1. The number of benzene rings is 1. The van der Waals surface area contributed by atoms with Crippen LogP contribution in [0.25, 0.3) is 0 Å². The molecule has 0 aromatic heterocycles. The first-order valence-electron chi connectivity index (χ1n) is 6.86. The first kappa shape index (κ1) is 13.7. The van der Waals surface area contributed by atoms with E-state index < -0.39 is 0 Å². The summed E-state index contributed by atoms with van der Waals surface area (Å²) in [6, 6.07) is 5.63. The van der Waals surface area contributed by atoms with E-state index in [4.69, 9.17) is 10.5 Å². The number of rotatable bonds is 3. The molecule has 2 rings (SSSR count). The number of carbonyl (C=O) groups is 1. The minimum absolute atomic E-state index is 0.0209. The van der Waals surface area contributed by atoms with Crippen molar-refractivity contribution in [3.63, 3.8) is 0 Å². The lowest BCUT2D eigenvalue weighted by atomic mass is 10.1. The van der Waals surface area contributed by atoms with Crippen LogP contribution in [0.5, 0.6) is 5.75 Å². The number of anilines is 1. The van der Waals surface area contributed by atoms with Crippen molar-refractivity contribution < 1.29 is 9.53 Å². The summed E-state index contributed by atoms with van der Waals surface area (Å²) in [5.74, 6) is 1.09. The molecule has 4 heteroatoms. The molecule has 2 atom stereocenters. The maximum absolute atomic E-state index is 12.6. The predicted octanol–water partition coefficient (Wildman–Crippen LogP) is 2.54. The minimum atomic E-state index is 0.0209. The van der Waals surface area contributed by atoms with E-state index >= 15 is 0 Å². The van der Waals surface area contributed by atoms with Gasteiger partial charge in [0.05, 0.1) is 17.9 Å². The van der Waals surface area contributed by atoms with Gasteiger partial charge in [-0.2, -0.15) is 0 Å². The van der Waals surface area contributed by atoms with Crippen molar-refractivity contribution in [3.8, 4) is 5.75 Å². The van der Waals surface area contributed by atoms with Crippen LogP contribution in [0.3, 0.4) is 0 Å². The molecular weight excluding hydrogens is 240 g/mol. The third-order valence-electron chi connectivity index (χ3n) is 3.61. The van der Waals surface area contributed by atoms with Gasteiger partial charge >= 0.3 is 0 Å². The molecule has 0 radical (unpaired) electrons. The molecule has 1 fully saturated rings. The van der Waals surface area contributed by atoms with Crippen LogP contribution in [0, 0.1) is 5.92 Å². The molecule has 4 nitrogen and oxygen atoms in total. The molecule has 1 aromatic rings. The van der Waals surface area contributed by atoms with Gasteiger partial charge in [0.1, 0.15) is 0 Å². The Morgan fingerprint density at radius 3 is 2.79 bits per heavy atom. The Morgan fingerprint density at radius 1 is 1.47 bits per heavy atom. The highest BCUT2D eigenvalue weighted by molar-refractivity contribution is 5.99. The van der Waals surface area contributed by atoms with Crippen LogP contribution in [0.1, 0.15) is 37.6 Å². The van der Waals surface area contributed by atoms with Crippen molar-refractivity contribution in [1.29, 1.82) is 0 Å². The lowest BCUT2D eigenvalue weighted by Gasteiger charge is -2.23. The quantitative estimate of drug-likeness (QED) is 0.852. The highest BCUT2D eigenvalue weighted by atomic mass is 16.5. The van der Waals surface area contributed by atoms with Gasteiger partial charge in [-0.15, -0.1) is 0 Å². The SMILES string of the molecule is CCOc1c(N)cccc1C(=O)N1CC(C)CC1C. The van der Waals surface area contributed by atoms with Gasteiger partial charge in [0, 0.05) is 12.6 Å². The average molecular weight is 262 g/mol.